The molecule has 2 aromatic heterocycles. The van der Waals surface area contributed by atoms with E-state index in [0.717, 1.165) is 28.5 Å². The molecule has 0 saturated carbocycles. The van der Waals surface area contributed by atoms with Gasteiger partial charge < -0.3 is 15.0 Å². The van der Waals surface area contributed by atoms with E-state index >= 15 is 0 Å². The van der Waals surface area contributed by atoms with E-state index in [1.165, 1.54) is 18.3 Å². The lowest BCUT2D eigenvalue weighted by atomic mass is 10.1. The van der Waals surface area contributed by atoms with Crippen LogP contribution in [0.3, 0.4) is 0 Å². The van der Waals surface area contributed by atoms with Crippen LogP contribution in [0.2, 0.25) is 0 Å². The molecule has 0 aliphatic carbocycles. The molecule has 4 rings (SSSR count). The lowest BCUT2D eigenvalue weighted by Gasteiger charge is -2.06. The Hall–Kier alpha value is -4.31. The SMILES string of the molecule is COc1ccc(Cc2nc(C(=O)Nc3nc(-c4ccc(CNC(C)=O)cc4)cs3)cc(=O)[nH]2)cc1. The molecule has 4 aromatic rings. The topological polar surface area (TPSA) is 126 Å². The fraction of sp³-hybridized carbons (Fsp3) is 0.160. The quantitative estimate of drug-likeness (QED) is 0.348. The number of anilines is 1. The first-order chi connectivity index (χ1) is 16.9. The largest absolute Gasteiger partial charge is 0.497 e. The Balaban J connectivity index is 1.43. The maximum absolute atomic E-state index is 12.8. The van der Waals surface area contributed by atoms with Crippen LogP contribution in [0.1, 0.15) is 34.4 Å². The van der Waals surface area contributed by atoms with Gasteiger partial charge in [-0.05, 0) is 23.3 Å². The number of thiazole rings is 1. The van der Waals surface area contributed by atoms with Crippen molar-refractivity contribution in [3.05, 3.63) is 93.0 Å². The van der Waals surface area contributed by atoms with Crippen LogP contribution in [0.25, 0.3) is 11.3 Å². The van der Waals surface area contributed by atoms with Crippen LogP contribution < -0.4 is 20.9 Å². The first-order valence-electron chi connectivity index (χ1n) is 10.7. The number of aromatic amines is 1. The Kier molecular flexibility index (Phi) is 7.32. The van der Waals surface area contributed by atoms with Crippen molar-refractivity contribution < 1.29 is 14.3 Å². The van der Waals surface area contributed by atoms with Crippen molar-refractivity contribution in [3.8, 4) is 17.0 Å². The standard InChI is InChI=1S/C25H23N5O4S/c1-15(31)26-13-17-3-7-18(8-4-17)21-14-35-25(28-21)30-24(33)20-12-23(32)29-22(27-20)11-16-5-9-19(34-2)10-6-16/h3-10,12,14H,11,13H2,1-2H3,(H,26,31)(H,27,29,32)(H,28,30,33). The Morgan fingerprint density at radius 2 is 1.74 bits per heavy atom. The van der Waals surface area contributed by atoms with E-state index in [0.29, 0.717) is 29.6 Å². The number of benzene rings is 2. The highest BCUT2D eigenvalue weighted by Gasteiger charge is 2.14. The highest BCUT2D eigenvalue weighted by Crippen LogP contribution is 2.25. The monoisotopic (exact) mass is 489 g/mol. The number of aromatic nitrogens is 3. The summed E-state index contributed by atoms with van der Waals surface area (Å²) in [4.78, 5) is 47.4. The van der Waals surface area contributed by atoms with E-state index in [4.69, 9.17) is 4.74 Å². The molecule has 10 heteroatoms. The number of carbonyl (C=O) groups is 2. The number of amides is 2. The molecule has 0 aliphatic heterocycles. The second-order valence-corrected chi connectivity index (χ2v) is 8.56. The zero-order valence-corrected chi connectivity index (χ0v) is 19.9. The molecule has 35 heavy (non-hydrogen) atoms. The second kappa shape index (κ2) is 10.7. The fourth-order valence-corrected chi connectivity index (χ4v) is 4.00. The summed E-state index contributed by atoms with van der Waals surface area (Å²) in [6.45, 7) is 1.93. The molecule has 0 bridgehead atoms. The van der Waals surface area contributed by atoms with Crippen molar-refractivity contribution in [3.63, 3.8) is 0 Å². The summed E-state index contributed by atoms with van der Waals surface area (Å²) in [6.07, 6.45) is 0.361. The number of ether oxygens (including phenoxy) is 1. The number of hydrogen-bond acceptors (Lipinski definition) is 7. The normalized spacial score (nSPS) is 10.6. The number of H-pyrrole nitrogens is 1. The maximum atomic E-state index is 12.8. The maximum Gasteiger partial charge on any atom is 0.276 e. The average Bonchev–Trinajstić information content (AvgIpc) is 3.31. The lowest BCUT2D eigenvalue weighted by molar-refractivity contribution is -0.119. The molecule has 178 valence electrons. The van der Waals surface area contributed by atoms with Gasteiger partial charge in [-0.2, -0.15) is 0 Å². The fourth-order valence-electron chi connectivity index (χ4n) is 3.29. The van der Waals surface area contributed by atoms with E-state index in [2.05, 4.69) is 25.6 Å². The van der Waals surface area contributed by atoms with Crippen molar-refractivity contribution in [2.45, 2.75) is 19.9 Å². The van der Waals surface area contributed by atoms with Crippen LogP contribution >= 0.6 is 11.3 Å². The molecule has 0 spiro atoms. The van der Waals surface area contributed by atoms with Crippen LogP contribution in [-0.4, -0.2) is 33.9 Å². The number of rotatable bonds is 8. The molecule has 0 radical (unpaired) electrons. The van der Waals surface area contributed by atoms with Gasteiger partial charge in [0.25, 0.3) is 11.5 Å². The minimum Gasteiger partial charge on any atom is -0.497 e. The molecule has 0 saturated heterocycles. The number of carbonyl (C=O) groups excluding carboxylic acids is 2. The molecule has 2 amide bonds. The number of hydrogen-bond donors (Lipinski definition) is 3. The third-order valence-electron chi connectivity index (χ3n) is 5.07. The number of nitrogens with zero attached hydrogens (tertiary/aromatic N) is 2. The third-order valence-corrected chi connectivity index (χ3v) is 5.83. The lowest BCUT2D eigenvalue weighted by Crippen LogP contribution is -2.20. The number of nitrogens with one attached hydrogen (secondary N) is 3. The Bertz CT molecular complexity index is 1390. The molecule has 0 unspecified atom stereocenters. The summed E-state index contributed by atoms with van der Waals surface area (Å²) in [5.74, 6) is 0.509. The predicted octanol–water partition coefficient (Wildman–Crippen LogP) is 3.38. The smallest absolute Gasteiger partial charge is 0.276 e. The van der Waals surface area contributed by atoms with Crippen LogP contribution in [0.5, 0.6) is 5.75 Å². The van der Waals surface area contributed by atoms with Gasteiger partial charge in [-0.1, -0.05) is 36.4 Å². The first-order valence-corrected chi connectivity index (χ1v) is 11.6. The van der Waals surface area contributed by atoms with E-state index < -0.39 is 11.5 Å². The number of methoxy groups -OCH3 is 1. The summed E-state index contributed by atoms with van der Waals surface area (Å²) < 4.78 is 5.15. The van der Waals surface area contributed by atoms with Gasteiger partial charge in [0.05, 0.1) is 12.8 Å². The molecule has 9 nitrogen and oxygen atoms in total. The van der Waals surface area contributed by atoms with Crippen molar-refractivity contribution in [2.75, 3.05) is 12.4 Å². The zero-order valence-electron chi connectivity index (χ0n) is 19.1. The van der Waals surface area contributed by atoms with Gasteiger partial charge >= 0.3 is 0 Å². The highest BCUT2D eigenvalue weighted by atomic mass is 32.1. The highest BCUT2D eigenvalue weighted by molar-refractivity contribution is 7.14. The molecule has 0 atom stereocenters. The van der Waals surface area contributed by atoms with E-state index in [-0.39, 0.29) is 11.6 Å². The average molecular weight is 490 g/mol. The molecule has 2 aromatic carbocycles. The van der Waals surface area contributed by atoms with Crippen LogP contribution in [0.4, 0.5) is 5.13 Å². The predicted molar refractivity (Wildman–Crippen MR) is 134 cm³/mol. The molecular formula is C25H23N5O4S. The van der Waals surface area contributed by atoms with Crippen molar-refractivity contribution in [2.24, 2.45) is 0 Å². The summed E-state index contributed by atoms with van der Waals surface area (Å²) in [5.41, 5.74) is 3.07. The second-order valence-electron chi connectivity index (χ2n) is 7.70. The Labute approximate surface area is 205 Å². The van der Waals surface area contributed by atoms with Gasteiger partial charge in [-0.25, -0.2) is 9.97 Å². The Morgan fingerprint density at radius 3 is 2.43 bits per heavy atom. The zero-order chi connectivity index (χ0) is 24.8. The van der Waals surface area contributed by atoms with Crippen LogP contribution in [-0.2, 0) is 17.8 Å². The van der Waals surface area contributed by atoms with E-state index in [1.807, 2.05) is 53.9 Å². The molecule has 0 aliphatic rings. The van der Waals surface area contributed by atoms with Crippen molar-refractivity contribution in [1.29, 1.82) is 0 Å². The molecule has 2 heterocycles. The molecular weight excluding hydrogens is 466 g/mol. The van der Waals surface area contributed by atoms with Gasteiger partial charge in [-0.3, -0.25) is 19.7 Å². The summed E-state index contributed by atoms with van der Waals surface area (Å²) in [7, 11) is 1.59. The first kappa shape index (κ1) is 23.8. The summed E-state index contributed by atoms with van der Waals surface area (Å²) in [6, 6.07) is 16.2. The minimum atomic E-state index is -0.515. The van der Waals surface area contributed by atoms with Crippen molar-refractivity contribution >= 4 is 28.3 Å². The molecule has 3 N–H and O–H groups in total. The van der Waals surface area contributed by atoms with Gasteiger partial charge in [0.2, 0.25) is 5.91 Å². The third kappa shape index (κ3) is 6.39. The Morgan fingerprint density at radius 1 is 1.03 bits per heavy atom. The van der Waals surface area contributed by atoms with Gasteiger partial charge in [-0.15, -0.1) is 11.3 Å². The van der Waals surface area contributed by atoms with Crippen LogP contribution in [0, 0.1) is 0 Å². The van der Waals surface area contributed by atoms with Crippen LogP contribution in [0.15, 0.2) is 64.8 Å². The summed E-state index contributed by atoms with van der Waals surface area (Å²) >= 11 is 1.27. The van der Waals surface area contributed by atoms with E-state index in [9.17, 15) is 14.4 Å². The molecule has 0 fully saturated rings. The van der Waals surface area contributed by atoms with Gasteiger partial charge in [0, 0.05) is 36.9 Å². The van der Waals surface area contributed by atoms with Gasteiger partial charge in [0.15, 0.2) is 5.13 Å². The van der Waals surface area contributed by atoms with Gasteiger partial charge in [0.1, 0.15) is 17.3 Å². The van der Waals surface area contributed by atoms with E-state index in [1.54, 1.807) is 7.11 Å². The van der Waals surface area contributed by atoms with Crippen molar-refractivity contribution in [1.82, 2.24) is 20.3 Å². The minimum absolute atomic E-state index is 0.0105. The summed E-state index contributed by atoms with van der Waals surface area (Å²) in [5, 5.41) is 7.69.